The zero-order chi connectivity index (χ0) is 26.6. The van der Waals surface area contributed by atoms with Gasteiger partial charge in [0.25, 0.3) is 0 Å². The van der Waals surface area contributed by atoms with E-state index in [1.165, 1.54) is 71.3 Å². The van der Waals surface area contributed by atoms with Crippen molar-refractivity contribution in [1.82, 2.24) is 4.90 Å². The lowest BCUT2D eigenvalue weighted by atomic mass is 9.80. The summed E-state index contributed by atoms with van der Waals surface area (Å²) in [6.07, 6.45) is 14.7. The number of hydrogen-bond acceptors (Lipinski definition) is 4. The van der Waals surface area contributed by atoms with E-state index in [0.717, 1.165) is 44.6 Å². The Bertz CT molecular complexity index is 1150. The number of rotatable bonds is 7. The Morgan fingerprint density at radius 3 is 2.63 bits per heavy atom. The monoisotopic (exact) mass is 513 g/mol. The molecule has 3 heterocycles. The third-order valence-corrected chi connectivity index (χ3v) is 9.07. The number of nitrogens with zero attached hydrogens (tertiary/aromatic N) is 3. The highest BCUT2D eigenvalue weighted by molar-refractivity contribution is 6.10. The van der Waals surface area contributed by atoms with Crippen molar-refractivity contribution in [2.45, 2.75) is 97.6 Å². The van der Waals surface area contributed by atoms with Crippen LogP contribution in [0, 0.1) is 12.8 Å². The molecule has 0 spiro atoms. The SMILES string of the molecule is CCCC(/C1=C/CCC2N=CN=C2/C(C)=C\1)=C(\c1cc(C2CCN(C3CCOC3)CC2)ccc1C)C(C)C. The number of likely N-dealkylation sites (tertiary alicyclic amines) is 1. The van der Waals surface area contributed by atoms with Gasteiger partial charge in [-0.05, 0) is 116 Å². The molecule has 2 saturated heterocycles. The summed E-state index contributed by atoms with van der Waals surface area (Å²) < 4.78 is 5.67. The van der Waals surface area contributed by atoms with Crippen molar-refractivity contribution in [1.29, 1.82) is 0 Å². The van der Waals surface area contributed by atoms with Gasteiger partial charge >= 0.3 is 0 Å². The summed E-state index contributed by atoms with van der Waals surface area (Å²) in [5.74, 6) is 1.10. The minimum Gasteiger partial charge on any atom is -0.380 e. The van der Waals surface area contributed by atoms with Crippen molar-refractivity contribution >= 4 is 17.6 Å². The highest BCUT2D eigenvalue weighted by atomic mass is 16.5. The Balaban J connectivity index is 1.48. The highest BCUT2D eigenvalue weighted by Gasteiger charge is 2.29. The van der Waals surface area contributed by atoms with Crippen LogP contribution in [-0.2, 0) is 4.74 Å². The molecular formula is C34H47N3O. The second kappa shape index (κ2) is 12.3. The minimum absolute atomic E-state index is 0.235. The normalized spacial score (nSPS) is 28.2. The van der Waals surface area contributed by atoms with E-state index in [1.807, 2.05) is 0 Å². The van der Waals surface area contributed by atoms with Gasteiger partial charge in [0.15, 0.2) is 0 Å². The fourth-order valence-electron chi connectivity index (χ4n) is 6.98. The lowest BCUT2D eigenvalue weighted by molar-refractivity contribution is 0.122. The van der Waals surface area contributed by atoms with Crippen LogP contribution < -0.4 is 0 Å². The molecule has 2 atom stereocenters. The highest BCUT2D eigenvalue weighted by Crippen LogP contribution is 2.39. The van der Waals surface area contributed by atoms with Gasteiger partial charge in [-0.15, -0.1) is 0 Å². The molecule has 1 aromatic rings. The molecule has 4 heteroatoms. The van der Waals surface area contributed by atoms with E-state index in [4.69, 9.17) is 4.74 Å². The zero-order valence-electron chi connectivity index (χ0n) is 24.3. The van der Waals surface area contributed by atoms with Gasteiger partial charge in [0.05, 0.1) is 18.4 Å². The van der Waals surface area contributed by atoms with Gasteiger partial charge in [-0.1, -0.05) is 57.5 Å². The maximum Gasteiger partial charge on any atom is 0.111 e. The maximum absolute atomic E-state index is 5.67. The molecule has 3 aliphatic heterocycles. The van der Waals surface area contributed by atoms with Crippen LogP contribution in [0.2, 0.25) is 0 Å². The Morgan fingerprint density at radius 1 is 1.11 bits per heavy atom. The van der Waals surface area contributed by atoms with Crippen LogP contribution in [0.5, 0.6) is 0 Å². The zero-order valence-corrected chi connectivity index (χ0v) is 24.3. The third-order valence-electron chi connectivity index (χ3n) is 9.07. The van der Waals surface area contributed by atoms with Crippen LogP contribution in [0.4, 0.5) is 0 Å². The average Bonchev–Trinajstić information content (AvgIpc) is 3.60. The van der Waals surface area contributed by atoms with Crippen LogP contribution >= 0.6 is 0 Å². The number of piperidine rings is 1. The number of aryl methyl sites for hydroxylation is 1. The molecule has 0 bridgehead atoms. The van der Waals surface area contributed by atoms with Crippen molar-refractivity contribution in [2.75, 3.05) is 26.3 Å². The van der Waals surface area contributed by atoms with Gasteiger partial charge in [0, 0.05) is 12.6 Å². The van der Waals surface area contributed by atoms with Gasteiger partial charge < -0.3 is 4.74 Å². The predicted octanol–water partition coefficient (Wildman–Crippen LogP) is 7.69. The molecule has 0 saturated carbocycles. The minimum atomic E-state index is 0.235. The first kappa shape index (κ1) is 27.3. The third kappa shape index (κ3) is 5.82. The lowest BCUT2D eigenvalue weighted by Crippen LogP contribution is -2.41. The molecular weight excluding hydrogens is 466 g/mol. The van der Waals surface area contributed by atoms with E-state index >= 15 is 0 Å². The van der Waals surface area contributed by atoms with Gasteiger partial charge in [-0.3, -0.25) is 9.89 Å². The van der Waals surface area contributed by atoms with E-state index in [-0.39, 0.29) is 6.04 Å². The van der Waals surface area contributed by atoms with Crippen LogP contribution in [0.3, 0.4) is 0 Å². The van der Waals surface area contributed by atoms with Crippen LogP contribution in [0.15, 0.2) is 57.1 Å². The number of fused-ring (bicyclic) bond motifs is 1. The summed E-state index contributed by atoms with van der Waals surface area (Å²) in [7, 11) is 0. The summed E-state index contributed by atoms with van der Waals surface area (Å²) in [6, 6.07) is 8.23. The Labute approximate surface area is 230 Å². The van der Waals surface area contributed by atoms with Crippen molar-refractivity contribution in [2.24, 2.45) is 15.9 Å². The molecule has 5 rings (SSSR count). The second-order valence-electron chi connectivity index (χ2n) is 12.1. The topological polar surface area (TPSA) is 37.2 Å². The predicted molar refractivity (Wildman–Crippen MR) is 161 cm³/mol. The molecule has 4 nitrogen and oxygen atoms in total. The van der Waals surface area contributed by atoms with Crippen molar-refractivity contribution < 1.29 is 4.74 Å². The quantitative estimate of drug-likeness (QED) is 0.375. The van der Waals surface area contributed by atoms with Gasteiger partial charge in [-0.2, -0.15) is 0 Å². The van der Waals surface area contributed by atoms with Crippen LogP contribution in [0.1, 0.15) is 95.2 Å². The molecule has 2 fully saturated rings. The van der Waals surface area contributed by atoms with E-state index < -0.39 is 0 Å². The van der Waals surface area contributed by atoms with E-state index in [1.54, 1.807) is 6.34 Å². The molecule has 0 N–H and O–H groups in total. The van der Waals surface area contributed by atoms with Crippen LogP contribution in [0.25, 0.3) is 5.57 Å². The van der Waals surface area contributed by atoms with Crippen molar-refractivity contribution in [3.63, 3.8) is 0 Å². The number of benzene rings is 1. The first-order valence-corrected chi connectivity index (χ1v) is 15.1. The first-order chi connectivity index (χ1) is 18.5. The van der Waals surface area contributed by atoms with E-state index in [9.17, 15) is 0 Å². The summed E-state index contributed by atoms with van der Waals surface area (Å²) in [5.41, 5.74) is 11.3. The lowest BCUT2D eigenvalue weighted by Gasteiger charge is -2.36. The van der Waals surface area contributed by atoms with E-state index in [2.05, 4.69) is 79.9 Å². The molecule has 0 radical (unpaired) electrons. The fraction of sp³-hybridized carbons (Fsp3) is 0.588. The largest absolute Gasteiger partial charge is 0.380 e. The summed E-state index contributed by atoms with van der Waals surface area (Å²) in [4.78, 5) is 11.9. The van der Waals surface area contributed by atoms with E-state index in [0.29, 0.717) is 17.9 Å². The molecule has 204 valence electrons. The van der Waals surface area contributed by atoms with Gasteiger partial charge in [0.1, 0.15) is 6.34 Å². The van der Waals surface area contributed by atoms with Gasteiger partial charge in [0.2, 0.25) is 0 Å². The number of aliphatic imine (C=N–C) groups is 2. The van der Waals surface area contributed by atoms with Crippen molar-refractivity contribution in [3.8, 4) is 0 Å². The Kier molecular flexibility index (Phi) is 8.80. The summed E-state index contributed by atoms with van der Waals surface area (Å²) in [6.45, 7) is 15.8. The molecule has 1 aromatic carbocycles. The molecule has 1 aliphatic carbocycles. The molecule has 4 aliphatic rings. The summed E-state index contributed by atoms with van der Waals surface area (Å²) in [5, 5.41) is 0. The standard InChI is InChI=1S/C34H47N3O/c1-6-8-30(28-9-7-10-32-34(25(5)19-28)36-22-35-32)33(23(2)3)31-20-27(12-11-24(31)4)26-13-16-37(17-14-26)29-15-18-38-21-29/h9,11-12,19-20,22-23,26,29,32H,6-8,10,13-18,21H2,1-5H3/b25-19-,28-9+,33-30+. The maximum atomic E-state index is 5.67. The molecule has 0 aromatic heterocycles. The molecule has 38 heavy (non-hydrogen) atoms. The average molecular weight is 514 g/mol. The number of hydrogen-bond donors (Lipinski definition) is 0. The first-order valence-electron chi connectivity index (χ1n) is 15.1. The Morgan fingerprint density at radius 2 is 1.92 bits per heavy atom. The smallest absolute Gasteiger partial charge is 0.111 e. The molecule has 0 amide bonds. The number of ether oxygens (including phenoxy) is 1. The fourth-order valence-corrected chi connectivity index (χ4v) is 6.98. The van der Waals surface area contributed by atoms with Crippen LogP contribution in [-0.4, -0.2) is 55.3 Å². The number of allylic oxidation sites excluding steroid dienone is 5. The summed E-state index contributed by atoms with van der Waals surface area (Å²) >= 11 is 0. The second-order valence-corrected chi connectivity index (χ2v) is 12.1. The Hall–Kier alpha value is -2.30. The molecule has 2 unspecified atom stereocenters. The van der Waals surface area contributed by atoms with Gasteiger partial charge in [-0.25, -0.2) is 4.99 Å². The van der Waals surface area contributed by atoms with Crippen molar-refractivity contribution in [3.05, 3.63) is 63.8 Å².